The molecule has 13 rings (SSSR count). The van der Waals surface area contributed by atoms with E-state index in [2.05, 4.69) is 213 Å². The van der Waals surface area contributed by atoms with E-state index in [-0.39, 0.29) is 10.8 Å². The number of fused-ring (bicyclic) bond motifs is 17. The molecule has 0 radical (unpaired) electrons. The minimum absolute atomic E-state index is 0.0257. The van der Waals surface area contributed by atoms with Gasteiger partial charge in [0.1, 0.15) is 5.65 Å². The monoisotopic (exact) mass is 784 g/mol. The Labute approximate surface area is 353 Å². The third-order valence-electron chi connectivity index (χ3n) is 13.6. The van der Waals surface area contributed by atoms with Crippen LogP contribution in [0.1, 0.15) is 52.7 Å². The minimum Gasteiger partial charge on any atom is -0.308 e. The average molecular weight is 785 g/mol. The van der Waals surface area contributed by atoms with E-state index in [1.807, 2.05) is 0 Å². The number of hydrogen-bond donors (Lipinski definition) is 0. The Morgan fingerprint density at radius 2 is 0.934 bits per heavy atom. The molecule has 13 aromatic rings. The molecule has 0 aliphatic carbocycles. The van der Waals surface area contributed by atoms with E-state index in [0.29, 0.717) is 0 Å². The first-order chi connectivity index (χ1) is 29.6. The van der Waals surface area contributed by atoms with Crippen molar-refractivity contribution in [2.75, 3.05) is 4.90 Å². The van der Waals surface area contributed by atoms with Crippen LogP contribution in [0, 0.1) is 0 Å². The fourth-order valence-corrected chi connectivity index (χ4v) is 10.7. The molecule has 0 aliphatic rings. The zero-order valence-electron chi connectivity index (χ0n) is 35.3. The summed E-state index contributed by atoms with van der Waals surface area (Å²) in [6.07, 6.45) is 2.17. The molecule has 0 aliphatic heterocycles. The maximum atomic E-state index is 5.56. The lowest BCUT2D eigenvalue weighted by atomic mass is 9.85. The summed E-state index contributed by atoms with van der Waals surface area (Å²) in [5.41, 5.74) is 13.0. The Hall–Kier alpha value is -7.17. The van der Waals surface area contributed by atoms with Crippen LogP contribution in [-0.2, 0) is 10.8 Å². The molecule has 8 aromatic carbocycles. The maximum absolute atomic E-state index is 5.56. The van der Waals surface area contributed by atoms with Crippen LogP contribution in [0.15, 0.2) is 158 Å². The lowest BCUT2D eigenvalue weighted by molar-refractivity contribution is 0.591. The van der Waals surface area contributed by atoms with Gasteiger partial charge in [0.2, 0.25) is 0 Å². The molecule has 0 spiro atoms. The van der Waals surface area contributed by atoms with E-state index in [1.165, 1.54) is 97.8 Å². The Balaban J connectivity index is 1.28. The zero-order chi connectivity index (χ0) is 41.1. The molecule has 0 fully saturated rings. The first-order valence-corrected chi connectivity index (χ1v) is 21.6. The number of pyridine rings is 1. The van der Waals surface area contributed by atoms with Gasteiger partial charge in [-0.05, 0) is 104 Å². The highest BCUT2D eigenvalue weighted by atomic mass is 15.2. The average Bonchev–Trinajstić information content (AvgIpc) is 3.99. The molecular formula is C57H44N4. The van der Waals surface area contributed by atoms with Crippen molar-refractivity contribution in [3.8, 4) is 0 Å². The third kappa shape index (κ3) is 4.57. The first-order valence-electron chi connectivity index (χ1n) is 21.6. The smallest absolute Gasteiger partial charge is 0.146 e. The topological polar surface area (TPSA) is 24.9 Å². The number of rotatable bonds is 3. The summed E-state index contributed by atoms with van der Waals surface area (Å²) in [5.74, 6) is 0. The highest BCUT2D eigenvalue weighted by molar-refractivity contribution is 6.40. The Kier molecular flexibility index (Phi) is 6.69. The summed E-state index contributed by atoms with van der Waals surface area (Å²) in [5, 5.41) is 15.2. The molecule has 292 valence electrons. The highest BCUT2D eigenvalue weighted by Gasteiger charge is 2.31. The van der Waals surface area contributed by atoms with Gasteiger partial charge in [0, 0.05) is 54.5 Å². The van der Waals surface area contributed by atoms with Crippen molar-refractivity contribution in [3.05, 3.63) is 169 Å². The summed E-state index contributed by atoms with van der Waals surface area (Å²) < 4.78 is 5.03. The van der Waals surface area contributed by atoms with E-state index in [1.54, 1.807) is 0 Å². The zero-order valence-corrected chi connectivity index (χ0v) is 35.3. The number of aromatic nitrogens is 3. The molecular weight excluding hydrogens is 741 g/mol. The van der Waals surface area contributed by atoms with Gasteiger partial charge < -0.3 is 9.30 Å². The van der Waals surface area contributed by atoms with Gasteiger partial charge in [-0.25, -0.2) is 4.98 Å². The van der Waals surface area contributed by atoms with Crippen LogP contribution in [0.4, 0.5) is 17.1 Å². The van der Waals surface area contributed by atoms with Gasteiger partial charge >= 0.3 is 0 Å². The second kappa shape index (κ2) is 11.8. The number of anilines is 3. The highest BCUT2D eigenvalue weighted by Crippen LogP contribution is 2.52. The van der Waals surface area contributed by atoms with Gasteiger partial charge in [-0.15, -0.1) is 0 Å². The number of para-hydroxylation sites is 2. The molecule has 0 N–H and O–H groups in total. The molecule has 5 heterocycles. The van der Waals surface area contributed by atoms with Crippen LogP contribution in [0.5, 0.6) is 0 Å². The summed E-state index contributed by atoms with van der Waals surface area (Å²) in [4.78, 5) is 8.01. The maximum Gasteiger partial charge on any atom is 0.146 e. The van der Waals surface area contributed by atoms with Crippen molar-refractivity contribution in [2.45, 2.75) is 52.4 Å². The minimum atomic E-state index is -0.0976. The van der Waals surface area contributed by atoms with Crippen LogP contribution in [0.2, 0.25) is 0 Å². The van der Waals surface area contributed by atoms with Crippen LogP contribution in [-0.4, -0.2) is 13.8 Å². The van der Waals surface area contributed by atoms with Crippen LogP contribution in [0.3, 0.4) is 0 Å². The summed E-state index contributed by atoms with van der Waals surface area (Å²) in [7, 11) is 0. The Morgan fingerprint density at radius 3 is 1.56 bits per heavy atom. The molecule has 5 aromatic heterocycles. The molecule has 0 saturated carbocycles. The van der Waals surface area contributed by atoms with Crippen molar-refractivity contribution in [1.82, 2.24) is 13.8 Å². The van der Waals surface area contributed by atoms with Gasteiger partial charge in [-0.1, -0.05) is 133 Å². The molecule has 4 heteroatoms. The van der Waals surface area contributed by atoms with Gasteiger partial charge in [0.25, 0.3) is 0 Å². The molecule has 0 atom stereocenters. The van der Waals surface area contributed by atoms with Crippen LogP contribution < -0.4 is 4.90 Å². The third-order valence-corrected chi connectivity index (χ3v) is 13.6. The molecule has 4 nitrogen and oxygen atoms in total. The van der Waals surface area contributed by atoms with E-state index in [4.69, 9.17) is 4.98 Å². The molecule has 61 heavy (non-hydrogen) atoms. The van der Waals surface area contributed by atoms with Crippen molar-refractivity contribution < 1.29 is 0 Å². The number of benzene rings is 8. The van der Waals surface area contributed by atoms with Gasteiger partial charge in [0.05, 0.1) is 39.5 Å². The van der Waals surface area contributed by atoms with E-state index in [9.17, 15) is 0 Å². The van der Waals surface area contributed by atoms with Gasteiger partial charge in [0.15, 0.2) is 0 Å². The second-order valence-electron chi connectivity index (χ2n) is 19.3. The van der Waals surface area contributed by atoms with E-state index >= 15 is 0 Å². The quantitative estimate of drug-likeness (QED) is 0.178. The van der Waals surface area contributed by atoms with Gasteiger partial charge in [-0.2, -0.15) is 0 Å². The van der Waals surface area contributed by atoms with Crippen LogP contribution in [0.25, 0.3) is 97.9 Å². The van der Waals surface area contributed by atoms with Crippen LogP contribution >= 0.6 is 0 Å². The summed E-state index contributed by atoms with van der Waals surface area (Å²) in [6, 6.07) is 56.5. The standard InChI is InChI=1S/C57H44N4/c1-56(2,3)35-25-26-45-41(29-35)48-39-23-15-13-18-34(39)28-43-51-50-42-27-33-17-14-16-24-40(33)49-44-30-36(57(4,5)6)31-46(59(37-19-9-7-10-20-37)38-21-11-8-12-22-38)52(44)60(53(42)49)47(50)32-58-55(51)61(45)54(43)48/h7-32H,1-6H3. The molecule has 0 amide bonds. The van der Waals surface area contributed by atoms with Crippen molar-refractivity contribution in [1.29, 1.82) is 0 Å². The lowest BCUT2D eigenvalue weighted by Crippen LogP contribution is -2.15. The molecule has 0 saturated heterocycles. The first kappa shape index (κ1) is 34.7. The summed E-state index contributed by atoms with van der Waals surface area (Å²) in [6.45, 7) is 13.9. The van der Waals surface area contributed by atoms with Crippen molar-refractivity contribution >= 4 is 115 Å². The molecule has 0 bridgehead atoms. The lowest BCUT2D eigenvalue weighted by Gasteiger charge is -2.29. The van der Waals surface area contributed by atoms with E-state index in [0.717, 1.165) is 28.2 Å². The predicted octanol–water partition coefficient (Wildman–Crippen LogP) is 15.8. The number of nitrogens with zero attached hydrogens (tertiary/aromatic N) is 4. The normalized spacial score (nSPS) is 13.1. The fraction of sp³-hybridized carbons (Fsp3) is 0.140. The Bertz CT molecular complexity index is 3890. The largest absolute Gasteiger partial charge is 0.308 e. The van der Waals surface area contributed by atoms with Crippen molar-refractivity contribution in [2.24, 2.45) is 0 Å². The fourth-order valence-electron chi connectivity index (χ4n) is 10.7. The number of hydrogen-bond acceptors (Lipinski definition) is 2. The summed E-state index contributed by atoms with van der Waals surface area (Å²) >= 11 is 0. The second-order valence-corrected chi connectivity index (χ2v) is 19.3. The van der Waals surface area contributed by atoms with Gasteiger partial charge in [-0.3, -0.25) is 4.40 Å². The van der Waals surface area contributed by atoms with E-state index < -0.39 is 0 Å². The molecule has 0 unspecified atom stereocenters. The predicted molar refractivity (Wildman–Crippen MR) is 261 cm³/mol. The Morgan fingerprint density at radius 1 is 0.410 bits per heavy atom. The van der Waals surface area contributed by atoms with Crippen molar-refractivity contribution in [3.63, 3.8) is 0 Å². The SMILES string of the molecule is CC(C)(C)c1ccc2c(c1)c1c3ccccc3cc3c4c5c6cc7ccccc7c7c8cc(C(C)(C)C)cc(N(c9ccccc9)c9ccccc9)c8n(c5cnc4n2c31)c67.